The molecule has 1 unspecified atom stereocenters. The van der Waals surface area contributed by atoms with E-state index in [9.17, 15) is 0 Å². The molecule has 0 heterocycles. The Morgan fingerprint density at radius 1 is 1.27 bits per heavy atom. The van der Waals surface area contributed by atoms with Crippen molar-refractivity contribution in [1.82, 2.24) is 5.32 Å². The van der Waals surface area contributed by atoms with E-state index in [-0.39, 0.29) is 0 Å². The quantitative estimate of drug-likeness (QED) is 0.672. The second-order valence-electron chi connectivity index (χ2n) is 4.09. The molecule has 1 aromatic rings. The first-order valence-corrected chi connectivity index (χ1v) is 5.68. The van der Waals surface area contributed by atoms with E-state index in [2.05, 4.69) is 36.5 Å². The average Bonchev–Trinajstić information content (AvgIpc) is 2.29. The van der Waals surface area contributed by atoms with E-state index >= 15 is 0 Å². The van der Waals surface area contributed by atoms with Crippen LogP contribution in [0.5, 0.6) is 0 Å². The molecule has 2 N–H and O–H groups in total. The van der Waals surface area contributed by atoms with Gasteiger partial charge in [-0.3, -0.25) is 0 Å². The van der Waals surface area contributed by atoms with Gasteiger partial charge in [0, 0.05) is 13.2 Å². The highest BCUT2D eigenvalue weighted by atomic mass is 16.3. The maximum absolute atomic E-state index is 8.85. The molecule has 2 heteroatoms. The standard InChI is InChI=1S/C13H21NO/c1-12(11-15)6-5-9-14-10-13-7-3-2-4-8-13/h2-4,7-8,12,14-15H,5-6,9-11H2,1H3. The van der Waals surface area contributed by atoms with Gasteiger partial charge in [-0.05, 0) is 30.9 Å². The summed E-state index contributed by atoms with van der Waals surface area (Å²) in [6, 6.07) is 10.4. The van der Waals surface area contributed by atoms with Crippen LogP contribution in [0.2, 0.25) is 0 Å². The topological polar surface area (TPSA) is 32.3 Å². The van der Waals surface area contributed by atoms with Crippen molar-refractivity contribution >= 4 is 0 Å². The molecule has 0 aliphatic heterocycles. The molecule has 0 aliphatic carbocycles. The average molecular weight is 207 g/mol. The first kappa shape index (κ1) is 12.2. The van der Waals surface area contributed by atoms with Gasteiger partial charge in [-0.2, -0.15) is 0 Å². The molecule has 0 aromatic heterocycles. The summed E-state index contributed by atoms with van der Waals surface area (Å²) in [6.45, 7) is 4.35. The van der Waals surface area contributed by atoms with Crippen molar-refractivity contribution in [2.45, 2.75) is 26.3 Å². The fourth-order valence-electron chi connectivity index (χ4n) is 1.50. The van der Waals surface area contributed by atoms with Crippen LogP contribution >= 0.6 is 0 Å². The van der Waals surface area contributed by atoms with Gasteiger partial charge in [-0.15, -0.1) is 0 Å². The van der Waals surface area contributed by atoms with E-state index in [4.69, 9.17) is 5.11 Å². The molecule has 1 rings (SSSR count). The molecule has 0 fully saturated rings. The lowest BCUT2D eigenvalue weighted by Gasteiger charge is -2.08. The van der Waals surface area contributed by atoms with E-state index in [0.717, 1.165) is 25.9 Å². The van der Waals surface area contributed by atoms with Crippen LogP contribution in [0.3, 0.4) is 0 Å². The van der Waals surface area contributed by atoms with E-state index in [1.165, 1.54) is 5.56 Å². The van der Waals surface area contributed by atoms with Gasteiger partial charge in [0.25, 0.3) is 0 Å². The third-order valence-electron chi connectivity index (χ3n) is 2.53. The monoisotopic (exact) mass is 207 g/mol. The predicted octanol–water partition coefficient (Wildman–Crippen LogP) is 2.18. The fraction of sp³-hybridized carbons (Fsp3) is 0.538. The van der Waals surface area contributed by atoms with E-state index in [1.54, 1.807) is 0 Å². The normalized spacial score (nSPS) is 12.7. The van der Waals surface area contributed by atoms with E-state index in [0.29, 0.717) is 12.5 Å². The zero-order valence-electron chi connectivity index (χ0n) is 9.45. The molecule has 0 saturated heterocycles. The third-order valence-corrected chi connectivity index (χ3v) is 2.53. The van der Waals surface area contributed by atoms with Crippen molar-refractivity contribution in [3.63, 3.8) is 0 Å². The lowest BCUT2D eigenvalue weighted by molar-refractivity contribution is 0.228. The highest BCUT2D eigenvalue weighted by Crippen LogP contribution is 2.03. The fourth-order valence-corrected chi connectivity index (χ4v) is 1.50. The van der Waals surface area contributed by atoms with Crippen LogP contribution in [0.1, 0.15) is 25.3 Å². The number of hydrogen-bond donors (Lipinski definition) is 2. The lowest BCUT2D eigenvalue weighted by Crippen LogP contribution is -2.15. The molecule has 1 aromatic carbocycles. The largest absolute Gasteiger partial charge is 0.396 e. The van der Waals surface area contributed by atoms with Crippen LogP contribution in [0.25, 0.3) is 0 Å². The molecule has 15 heavy (non-hydrogen) atoms. The Morgan fingerprint density at radius 2 is 2.00 bits per heavy atom. The SMILES string of the molecule is CC(CO)CCCNCc1ccccc1. The highest BCUT2D eigenvalue weighted by molar-refractivity contribution is 5.14. The van der Waals surface area contributed by atoms with Gasteiger partial charge in [0.05, 0.1) is 0 Å². The first-order valence-electron chi connectivity index (χ1n) is 5.68. The minimum Gasteiger partial charge on any atom is -0.396 e. The highest BCUT2D eigenvalue weighted by Gasteiger charge is 1.98. The van der Waals surface area contributed by atoms with Crippen molar-refractivity contribution in [1.29, 1.82) is 0 Å². The third kappa shape index (κ3) is 5.55. The number of benzene rings is 1. The Labute approximate surface area is 92.3 Å². The first-order chi connectivity index (χ1) is 7.33. The Morgan fingerprint density at radius 3 is 2.67 bits per heavy atom. The maximum Gasteiger partial charge on any atom is 0.0456 e. The van der Waals surface area contributed by atoms with Crippen LogP contribution < -0.4 is 5.32 Å². The van der Waals surface area contributed by atoms with Gasteiger partial charge < -0.3 is 10.4 Å². The smallest absolute Gasteiger partial charge is 0.0456 e. The Balaban J connectivity index is 2.03. The van der Waals surface area contributed by atoms with Crippen molar-refractivity contribution in [3.05, 3.63) is 35.9 Å². The van der Waals surface area contributed by atoms with Crippen LogP contribution in [-0.2, 0) is 6.54 Å². The van der Waals surface area contributed by atoms with Gasteiger partial charge in [-0.1, -0.05) is 37.3 Å². The number of aliphatic hydroxyl groups excluding tert-OH is 1. The van der Waals surface area contributed by atoms with Gasteiger partial charge in [0.15, 0.2) is 0 Å². The molecule has 0 amide bonds. The Hall–Kier alpha value is -0.860. The number of nitrogens with one attached hydrogen (secondary N) is 1. The number of aliphatic hydroxyl groups is 1. The summed E-state index contributed by atoms with van der Waals surface area (Å²) in [7, 11) is 0. The van der Waals surface area contributed by atoms with Crippen LogP contribution in [-0.4, -0.2) is 18.3 Å². The van der Waals surface area contributed by atoms with Crippen molar-refractivity contribution in [2.24, 2.45) is 5.92 Å². The zero-order valence-corrected chi connectivity index (χ0v) is 9.45. The minimum atomic E-state index is 0.304. The van der Waals surface area contributed by atoms with Gasteiger partial charge in [0.2, 0.25) is 0 Å². The number of hydrogen-bond acceptors (Lipinski definition) is 2. The summed E-state index contributed by atoms with van der Waals surface area (Å²) in [5, 5.41) is 12.2. The second-order valence-corrected chi connectivity index (χ2v) is 4.09. The van der Waals surface area contributed by atoms with E-state index < -0.39 is 0 Å². The summed E-state index contributed by atoms with van der Waals surface area (Å²) in [5.74, 6) is 0.434. The summed E-state index contributed by atoms with van der Waals surface area (Å²) in [4.78, 5) is 0. The van der Waals surface area contributed by atoms with Crippen molar-refractivity contribution in [3.8, 4) is 0 Å². The Bertz CT molecular complexity index is 248. The van der Waals surface area contributed by atoms with Crippen LogP contribution in [0.4, 0.5) is 0 Å². The van der Waals surface area contributed by atoms with Gasteiger partial charge in [0.1, 0.15) is 0 Å². The molecule has 1 atom stereocenters. The molecular weight excluding hydrogens is 186 g/mol. The molecular formula is C13H21NO. The maximum atomic E-state index is 8.85. The molecule has 0 aliphatic rings. The minimum absolute atomic E-state index is 0.304. The number of rotatable bonds is 7. The predicted molar refractivity (Wildman–Crippen MR) is 63.6 cm³/mol. The van der Waals surface area contributed by atoms with Crippen LogP contribution in [0, 0.1) is 5.92 Å². The molecule has 0 saturated carbocycles. The van der Waals surface area contributed by atoms with Gasteiger partial charge in [-0.25, -0.2) is 0 Å². The molecule has 84 valence electrons. The summed E-state index contributed by atoms with van der Waals surface area (Å²) < 4.78 is 0. The van der Waals surface area contributed by atoms with Crippen molar-refractivity contribution < 1.29 is 5.11 Å². The molecule has 0 radical (unpaired) electrons. The summed E-state index contributed by atoms with van der Waals surface area (Å²) in [5.41, 5.74) is 1.33. The molecule has 0 spiro atoms. The van der Waals surface area contributed by atoms with Gasteiger partial charge >= 0.3 is 0 Å². The molecule has 0 bridgehead atoms. The molecule has 2 nitrogen and oxygen atoms in total. The van der Waals surface area contributed by atoms with Crippen LogP contribution in [0.15, 0.2) is 30.3 Å². The zero-order chi connectivity index (χ0) is 10.9. The van der Waals surface area contributed by atoms with E-state index in [1.807, 2.05) is 6.07 Å². The lowest BCUT2D eigenvalue weighted by atomic mass is 10.1. The second kappa shape index (κ2) is 7.43. The summed E-state index contributed by atoms with van der Waals surface area (Å²) in [6.07, 6.45) is 2.23. The summed E-state index contributed by atoms with van der Waals surface area (Å²) >= 11 is 0. The Kier molecular flexibility index (Phi) is 6.05. The van der Waals surface area contributed by atoms with Crippen molar-refractivity contribution in [2.75, 3.05) is 13.2 Å².